The molecule has 0 aromatic heterocycles. The van der Waals surface area contributed by atoms with E-state index in [1.807, 2.05) is 0 Å². The normalized spacial score (nSPS) is 12.0. The van der Waals surface area contributed by atoms with Crippen LogP contribution in [0.3, 0.4) is 0 Å². The van der Waals surface area contributed by atoms with Gasteiger partial charge in [0.15, 0.2) is 0 Å². The van der Waals surface area contributed by atoms with E-state index in [1.165, 1.54) is 6.42 Å². The minimum absolute atomic E-state index is 0.00347. The summed E-state index contributed by atoms with van der Waals surface area (Å²) in [6.45, 7) is 2.70. The SMILES string of the molecule is CO[Si](CO)(CO)CCCNCCCCCN. The van der Waals surface area contributed by atoms with Crippen molar-refractivity contribution in [3.8, 4) is 0 Å². The van der Waals surface area contributed by atoms with Gasteiger partial charge in [-0.1, -0.05) is 6.42 Å². The Labute approximate surface area is 105 Å². The molecule has 0 fully saturated rings. The van der Waals surface area contributed by atoms with Gasteiger partial charge in [-0.15, -0.1) is 0 Å². The van der Waals surface area contributed by atoms with E-state index in [1.54, 1.807) is 7.11 Å². The number of aliphatic hydroxyl groups is 2. The molecule has 0 unspecified atom stereocenters. The zero-order chi connectivity index (χ0) is 13.0. The van der Waals surface area contributed by atoms with Gasteiger partial charge in [-0.3, -0.25) is 0 Å². The van der Waals surface area contributed by atoms with Crippen molar-refractivity contribution < 1.29 is 14.6 Å². The molecule has 0 amide bonds. The lowest BCUT2D eigenvalue weighted by Crippen LogP contribution is -2.46. The van der Waals surface area contributed by atoms with E-state index in [0.29, 0.717) is 0 Å². The maximum atomic E-state index is 9.22. The van der Waals surface area contributed by atoms with Crippen LogP contribution in [0.1, 0.15) is 25.7 Å². The number of rotatable bonds is 12. The minimum atomic E-state index is -2.24. The monoisotopic (exact) mass is 264 g/mol. The Bertz CT molecular complexity index is 161. The van der Waals surface area contributed by atoms with Crippen molar-refractivity contribution >= 4 is 8.32 Å². The number of nitrogens with one attached hydrogen (secondary N) is 1. The van der Waals surface area contributed by atoms with Gasteiger partial charge >= 0.3 is 0 Å². The summed E-state index contributed by atoms with van der Waals surface area (Å²) in [5.74, 6) is 0. The average Bonchev–Trinajstić information content (AvgIpc) is 2.38. The standard InChI is InChI=1S/C11H28N2O3Si/c1-16-17(10-14,11-15)9-5-8-13-7-4-2-3-6-12/h13-15H,2-12H2,1H3. The molecule has 0 aromatic carbocycles. The fraction of sp³-hybridized carbons (Fsp3) is 1.00. The first-order valence-electron chi connectivity index (χ1n) is 6.42. The summed E-state index contributed by atoms with van der Waals surface area (Å²) >= 11 is 0. The topological polar surface area (TPSA) is 87.7 Å². The van der Waals surface area contributed by atoms with Crippen molar-refractivity contribution in [1.29, 1.82) is 0 Å². The van der Waals surface area contributed by atoms with Gasteiger partial charge in [0.1, 0.15) is 0 Å². The molecule has 0 bridgehead atoms. The molecular formula is C11H28N2O3Si. The largest absolute Gasteiger partial charge is 0.415 e. The molecule has 17 heavy (non-hydrogen) atoms. The van der Waals surface area contributed by atoms with Crippen molar-refractivity contribution in [1.82, 2.24) is 5.32 Å². The van der Waals surface area contributed by atoms with Crippen molar-refractivity contribution in [3.05, 3.63) is 0 Å². The summed E-state index contributed by atoms with van der Waals surface area (Å²) < 4.78 is 5.29. The van der Waals surface area contributed by atoms with Crippen LogP contribution in [0.25, 0.3) is 0 Å². The van der Waals surface area contributed by atoms with Gasteiger partial charge in [0.05, 0.1) is 12.5 Å². The Morgan fingerprint density at radius 1 is 1.06 bits per heavy atom. The highest BCUT2D eigenvalue weighted by molar-refractivity contribution is 6.73. The van der Waals surface area contributed by atoms with Crippen molar-refractivity contribution in [2.45, 2.75) is 31.7 Å². The van der Waals surface area contributed by atoms with Crippen LogP contribution in [-0.4, -0.2) is 57.7 Å². The number of aliphatic hydroxyl groups excluding tert-OH is 2. The fourth-order valence-electron chi connectivity index (χ4n) is 1.67. The summed E-state index contributed by atoms with van der Waals surface area (Å²) in [5.41, 5.74) is 5.41. The van der Waals surface area contributed by atoms with Crippen LogP contribution in [0.2, 0.25) is 6.04 Å². The third-order valence-electron chi connectivity index (χ3n) is 3.05. The van der Waals surface area contributed by atoms with E-state index in [4.69, 9.17) is 10.2 Å². The number of nitrogens with two attached hydrogens (primary N) is 1. The highest BCUT2D eigenvalue weighted by Gasteiger charge is 2.31. The Morgan fingerprint density at radius 2 is 1.71 bits per heavy atom. The lowest BCUT2D eigenvalue weighted by molar-refractivity contribution is 0.252. The molecule has 0 aliphatic heterocycles. The Hall–Kier alpha value is 0.0169. The lowest BCUT2D eigenvalue weighted by atomic mass is 10.2. The Balaban J connectivity index is 3.43. The molecule has 0 saturated carbocycles. The third-order valence-corrected chi connectivity index (χ3v) is 6.34. The first-order chi connectivity index (χ1) is 8.24. The van der Waals surface area contributed by atoms with Gasteiger partial charge in [0.2, 0.25) is 8.32 Å². The third kappa shape index (κ3) is 7.85. The maximum absolute atomic E-state index is 9.22. The lowest BCUT2D eigenvalue weighted by Gasteiger charge is -2.25. The average molecular weight is 264 g/mol. The molecule has 0 radical (unpaired) electrons. The van der Waals surface area contributed by atoms with E-state index in [-0.39, 0.29) is 12.5 Å². The molecule has 5 nitrogen and oxygen atoms in total. The predicted octanol–water partition coefficient (Wildman–Crippen LogP) is -0.250. The van der Waals surface area contributed by atoms with E-state index < -0.39 is 8.32 Å². The van der Waals surface area contributed by atoms with E-state index in [2.05, 4.69) is 5.32 Å². The molecule has 0 heterocycles. The molecule has 0 atom stereocenters. The number of unbranched alkanes of at least 4 members (excludes halogenated alkanes) is 2. The molecule has 5 N–H and O–H groups in total. The zero-order valence-electron chi connectivity index (χ0n) is 11.0. The second kappa shape index (κ2) is 11.1. The maximum Gasteiger partial charge on any atom is 0.242 e. The predicted molar refractivity (Wildman–Crippen MR) is 72.1 cm³/mol. The molecule has 104 valence electrons. The molecule has 0 aromatic rings. The van der Waals surface area contributed by atoms with Crippen LogP contribution >= 0.6 is 0 Å². The van der Waals surface area contributed by atoms with Gasteiger partial charge in [-0.05, 0) is 44.9 Å². The van der Waals surface area contributed by atoms with Crippen molar-refractivity contribution in [2.24, 2.45) is 5.73 Å². The fourth-order valence-corrected chi connectivity index (χ4v) is 3.37. The van der Waals surface area contributed by atoms with Crippen LogP contribution in [0.4, 0.5) is 0 Å². The van der Waals surface area contributed by atoms with Gasteiger partial charge in [-0.25, -0.2) is 0 Å². The first-order valence-corrected chi connectivity index (χ1v) is 8.95. The van der Waals surface area contributed by atoms with E-state index in [0.717, 1.165) is 44.9 Å². The highest BCUT2D eigenvalue weighted by Crippen LogP contribution is 2.11. The number of hydrogen-bond acceptors (Lipinski definition) is 5. The number of hydrogen-bond donors (Lipinski definition) is 4. The van der Waals surface area contributed by atoms with Crippen LogP contribution < -0.4 is 11.1 Å². The summed E-state index contributed by atoms with van der Waals surface area (Å²) in [7, 11) is -0.662. The van der Waals surface area contributed by atoms with Crippen LogP contribution in [-0.2, 0) is 4.43 Å². The molecule has 0 saturated heterocycles. The summed E-state index contributed by atoms with van der Waals surface area (Å²) in [5, 5.41) is 21.8. The Kier molecular flexibility index (Phi) is 11.1. The quantitative estimate of drug-likeness (QED) is 0.288. The van der Waals surface area contributed by atoms with E-state index >= 15 is 0 Å². The summed E-state index contributed by atoms with van der Waals surface area (Å²) in [4.78, 5) is 0. The zero-order valence-corrected chi connectivity index (χ0v) is 12.0. The first kappa shape index (κ1) is 17.0. The van der Waals surface area contributed by atoms with Crippen molar-refractivity contribution in [3.63, 3.8) is 0 Å². The summed E-state index contributed by atoms with van der Waals surface area (Å²) in [6, 6.07) is 0.798. The Morgan fingerprint density at radius 3 is 2.24 bits per heavy atom. The smallest absolute Gasteiger partial charge is 0.242 e. The highest BCUT2D eigenvalue weighted by atomic mass is 28.4. The molecule has 0 spiro atoms. The molecular weight excluding hydrogens is 236 g/mol. The second-order valence-corrected chi connectivity index (χ2v) is 8.31. The second-order valence-electron chi connectivity index (χ2n) is 4.41. The van der Waals surface area contributed by atoms with E-state index in [9.17, 15) is 10.2 Å². The van der Waals surface area contributed by atoms with Gasteiger partial charge < -0.3 is 25.7 Å². The van der Waals surface area contributed by atoms with Crippen LogP contribution in [0.5, 0.6) is 0 Å². The van der Waals surface area contributed by atoms with Gasteiger partial charge in [0, 0.05) is 7.11 Å². The van der Waals surface area contributed by atoms with Crippen LogP contribution in [0.15, 0.2) is 0 Å². The van der Waals surface area contributed by atoms with Crippen molar-refractivity contribution in [2.75, 3.05) is 39.2 Å². The minimum Gasteiger partial charge on any atom is -0.415 e. The van der Waals surface area contributed by atoms with Gasteiger partial charge in [-0.2, -0.15) is 0 Å². The molecule has 0 aliphatic rings. The summed E-state index contributed by atoms with van der Waals surface area (Å²) in [6.07, 6.45) is 4.36. The molecule has 0 aliphatic carbocycles. The molecule has 0 rings (SSSR count). The van der Waals surface area contributed by atoms with Gasteiger partial charge in [0.25, 0.3) is 0 Å². The molecule has 6 heteroatoms. The van der Waals surface area contributed by atoms with Crippen LogP contribution in [0, 0.1) is 0 Å².